The monoisotopic (exact) mass is 656 g/mol. The predicted molar refractivity (Wildman–Crippen MR) is 180 cm³/mol. The number of likely N-dealkylation sites (tertiary alicyclic amines) is 1. The Hall–Kier alpha value is -3.44. The van der Waals surface area contributed by atoms with Gasteiger partial charge in [-0.05, 0) is 81.0 Å². The van der Waals surface area contributed by atoms with E-state index in [9.17, 15) is 23.9 Å². The van der Waals surface area contributed by atoms with Crippen LogP contribution in [0.2, 0.25) is 0 Å². The number of anilines is 1. The number of amides is 2. The van der Waals surface area contributed by atoms with Crippen molar-refractivity contribution in [2.75, 3.05) is 58.3 Å². The molecule has 3 aliphatic heterocycles. The van der Waals surface area contributed by atoms with E-state index < -0.39 is 24.3 Å². The molecule has 0 aromatic heterocycles. The Morgan fingerprint density at radius 1 is 0.979 bits per heavy atom. The minimum Gasteiger partial charge on any atom is -0.457 e. The lowest BCUT2D eigenvalue weighted by atomic mass is 9.91. The maximum absolute atomic E-state index is 15.0. The summed E-state index contributed by atoms with van der Waals surface area (Å²) in [6.45, 7) is 11.5. The molecule has 3 aliphatic rings. The van der Waals surface area contributed by atoms with E-state index in [1.54, 1.807) is 11.8 Å². The number of piperazine rings is 1. The van der Waals surface area contributed by atoms with E-state index in [0.29, 0.717) is 44.6 Å². The highest BCUT2D eigenvalue weighted by atomic mass is 19.1. The SMILES string of the molecule is CC(=O)N1CCC(N(C)c2cc(F)cc(/C=C(\C)[C@H]3OC(=O)C[C@H](O)CC[C@H](C)[C@@H](OC(=O)N4CCN(C)CC4)/C=C/[C@@H]3C)c2)CC1. The Kier molecular flexibility index (Phi) is 12.8. The van der Waals surface area contributed by atoms with Crippen molar-refractivity contribution < 1.29 is 33.4 Å². The van der Waals surface area contributed by atoms with Crippen molar-refractivity contribution >= 4 is 29.7 Å². The van der Waals surface area contributed by atoms with Gasteiger partial charge in [0, 0.05) is 70.9 Å². The number of aliphatic hydroxyl groups excluding tert-OH is 1. The van der Waals surface area contributed by atoms with Crippen molar-refractivity contribution in [1.29, 1.82) is 0 Å². The average Bonchev–Trinajstić information content (AvgIpc) is 3.03. The van der Waals surface area contributed by atoms with E-state index in [-0.39, 0.29) is 42.1 Å². The molecule has 4 rings (SSSR count). The number of aliphatic hydroxyl groups is 1. The first-order chi connectivity index (χ1) is 22.3. The summed E-state index contributed by atoms with van der Waals surface area (Å²) in [5, 5.41) is 10.6. The minimum absolute atomic E-state index is 0.0717. The molecule has 0 radical (unpaired) electrons. The van der Waals surface area contributed by atoms with Crippen molar-refractivity contribution in [3.05, 3.63) is 47.3 Å². The van der Waals surface area contributed by atoms with Gasteiger partial charge in [-0.25, -0.2) is 9.18 Å². The maximum Gasteiger partial charge on any atom is 0.410 e. The number of hydrogen-bond donors (Lipinski definition) is 1. The first-order valence-corrected chi connectivity index (χ1v) is 17.0. The number of rotatable bonds is 5. The second-order valence-corrected chi connectivity index (χ2v) is 13.7. The van der Waals surface area contributed by atoms with Crippen LogP contribution in [0.15, 0.2) is 35.9 Å². The molecule has 3 heterocycles. The molecule has 5 atom stereocenters. The van der Waals surface area contributed by atoms with Crippen molar-refractivity contribution in [2.24, 2.45) is 11.8 Å². The Labute approximate surface area is 279 Å². The van der Waals surface area contributed by atoms with Crippen LogP contribution in [0.1, 0.15) is 65.4 Å². The number of carbonyl (C=O) groups excluding carboxylic acids is 3. The number of benzene rings is 1. The standard InChI is InChI=1S/C36H53FN4O6/c1-24-7-9-32(43)23-34(44)47-35(25(2)8-10-33(24)46-36(45)41-17-15-38(5)16-18-41)26(3)19-28-20-29(37)22-31(21-28)39(6)30-11-13-40(14-12-30)27(4)42/h8,10,19-22,24-25,30,32-33,35,43H,7,9,11-18,23H2,1-6H3/b10-8+,26-19+/t24-,25-,32+,33-,35-/m0/s1. The molecule has 11 heteroatoms. The average molecular weight is 657 g/mol. The molecule has 0 bridgehead atoms. The molecule has 0 unspecified atom stereocenters. The number of halogens is 1. The van der Waals surface area contributed by atoms with Gasteiger partial charge in [-0.15, -0.1) is 0 Å². The zero-order valence-electron chi connectivity index (χ0n) is 28.9. The van der Waals surface area contributed by atoms with E-state index >= 15 is 0 Å². The van der Waals surface area contributed by atoms with Crippen molar-refractivity contribution in [1.82, 2.24) is 14.7 Å². The minimum atomic E-state index is -0.883. The van der Waals surface area contributed by atoms with Gasteiger partial charge in [0.2, 0.25) is 5.91 Å². The summed E-state index contributed by atoms with van der Waals surface area (Å²) in [7, 11) is 3.98. The summed E-state index contributed by atoms with van der Waals surface area (Å²) in [5.41, 5.74) is 2.09. The highest BCUT2D eigenvalue weighted by molar-refractivity contribution is 5.73. The Morgan fingerprint density at radius 3 is 2.32 bits per heavy atom. The van der Waals surface area contributed by atoms with Gasteiger partial charge in [0.15, 0.2) is 0 Å². The largest absolute Gasteiger partial charge is 0.457 e. The molecule has 1 N–H and O–H groups in total. The summed E-state index contributed by atoms with van der Waals surface area (Å²) in [6.07, 6.45) is 5.59. The first-order valence-electron chi connectivity index (χ1n) is 17.0. The number of cyclic esters (lactones) is 1. The van der Waals surface area contributed by atoms with Gasteiger partial charge in [0.1, 0.15) is 18.0 Å². The molecule has 10 nitrogen and oxygen atoms in total. The molecule has 1 aromatic carbocycles. The number of hydrogen-bond acceptors (Lipinski definition) is 8. The zero-order chi connectivity index (χ0) is 34.2. The van der Waals surface area contributed by atoms with Gasteiger partial charge in [0.25, 0.3) is 0 Å². The Morgan fingerprint density at radius 2 is 1.66 bits per heavy atom. The number of likely N-dealkylation sites (N-methyl/N-ethyl adjacent to an activating group) is 1. The summed E-state index contributed by atoms with van der Waals surface area (Å²) in [5.74, 6) is -1.18. The fraction of sp³-hybridized carbons (Fsp3) is 0.639. The van der Waals surface area contributed by atoms with Gasteiger partial charge in [0.05, 0.1) is 12.5 Å². The molecule has 0 spiro atoms. The van der Waals surface area contributed by atoms with Crippen LogP contribution in [0.3, 0.4) is 0 Å². The topological polar surface area (TPSA) is 103 Å². The Balaban J connectivity index is 1.54. The van der Waals surface area contributed by atoms with Crippen molar-refractivity contribution in [3.63, 3.8) is 0 Å². The number of piperidine rings is 1. The molecule has 260 valence electrons. The van der Waals surface area contributed by atoms with Crippen LogP contribution in [-0.4, -0.2) is 115 Å². The van der Waals surface area contributed by atoms with Gasteiger partial charge in [-0.3, -0.25) is 9.59 Å². The molecule has 2 amide bonds. The molecule has 0 aliphatic carbocycles. The van der Waals surface area contributed by atoms with E-state index in [2.05, 4.69) is 9.80 Å². The maximum atomic E-state index is 15.0. The number of nitrogens with zero attached hydrogens (tertiary/aromatic N) is 4. The second-order valence-electron chi connectivity index (χ2n) is 13.7. The first kappa shape index (κ1) is 36.4. The molecule has 1 aromatic rings. The van der Waals surface area contributed by atoms with E-state index in [0.717, 1.165) is 37.2 Å². The van der Waals surface area contributed by atoms with Gasteiger partial charge in [-0.2, -0.15) is 0 Å². The lowest BCUT2D eigenvalue weighted by Crippen LogP contribution is -2.48. The lowest BCUT2D eigenvalue weighted by molar-refractivity contribution is -0.151. The molecular weight excluding hydrogens is 603 g/mol. The van der Waals surface area contributed by atoms with Crippen molar-refractivity contribution in [3.8, 4) is 0 Å². The third-order valence-electron chi connectivity index (χ3n) is 9.87. The quantitative estimate of drug-likeness (QED) is 0.359. The third-order valence-corrected chi connectivity index (χ3v) is 9.87. The molecule has 2 fully saturated rings. The van der Waals surface area contributed by atoms with Gasteiger partial charge >= 0.3 is 12.1 Å². The van der Waals surface area contributed by atoms with E-state index in [1.807, 2.05) is 64.1 Å². The molecule has 0 saturated carbocycles. The third kappa shape index (κ3) is 10.3. The predicted octanol–water partition coefficient (Wildman–Crippen LogP) is 4.71. The summed E-state index contributed by atoms with van der Waals surface area (Å²) in [4.78, 5) is 45.6. The highest BCUT2D eigenvalue weighted by Crippen LogP contribution is 2.29. The van der Waals surface area contributed by atoms with Crippen LogP contribution in [0.25, 0.3) is 6.08 Å². The zero-order valence-corrected chi connectivity index (χ0v) is 28.9. The van der Waals surface area contributed by atoms with Crippen LogP contribution in [-0.2, 0) is 19.1 Å². The lowest BCUT2D eigenvalue weighted by Gasteiger charge is -2.37. The smallest absolute Gasteiger partial charge is 0.410 e. The van der Waals surface area contributed by atoms with E-state index in [4.69, 9.17) is 9.47 Å². The molecule has 47 heavy (non-hydrogen) atoms. The summed E-state index contributed by atoms with van der Waals surface area (Å²) in [6, 6.07) is 5.06. The van der Waals surface area contributed by atoms with Crippen LogP contribution in [0.4, 0.5) is 14.9 Å². The fourth-order valence-electron chi connectivity index (χ4n) is 6.64. The summed E-state index contributed by atoms with van der Waals surface area (Å²) < 4.78 is 26.9. The normalized spacial score (nSPS) is 28.1. The van der Waals surface area contributed by atoms with Crippen LogP contribution >= 0.6 is 0 Å². The van der Waals surface area contributed by atoms with E-state index in [1.165, 1.54) is 12.1 Å². The highest BCUT2D eigenvalue weighted by Gasteiger charge is 2.29. The van der Waals surface area contributed by atoms with Crippen LogP contribution < -0.4 is 4.90 Å². The number of esters is 1. The van der Waals surface area contributed by atoms with Crippen LogP contribution in [0, 0.1) is 17.7 Å². The number of carbonyl (C=O) groups is 3. The van der Waals surface area contributed by atoms with Crippen LogP contribution in [0.5, 0.6) is 0 Å². The number of ether oxygens (including phenoxy) is 2. The molecule has 2 saturated heterocycles. The summed E-state index contributed by atoms with van der Waals surface area (Å²) >= 11 is 0. The fourth-order valence-corrected chi connectivity index (χ4v) is 6.64. The van der Waals surface area contributed by atoms with Crippen molar-refractivity contribution in [2.45, 2.75) is 84.2 Å². The van der Waals surface area contributed by atoms with Gasteiger partial charge in [-0.1, -0.05) is 26.0 Å². The Bertz CT molecular complexity index is 1300. The second kappa shape index (κ2) is 16.6. The molecular formula is C36H53FN4O6. The van der Waals surface area contributed by atoms with Gasteiger partial charge < -0.3 is 34.2 Å².